The van der Waals surface area contributed by atoms with E-state index >= 15 is 0 Å². The first-order chi connectivity index (χ1) is 7.56. The Bertz CT molecular complexity index is 679. The molecule has 0 radical (unpaired) electrons. The fraction of sp³-hybridized carbons (Fsp3) is 0.222. The van der Waals surface area contributed by atoms with E-state index in [-0.39, 0.29) is 23.0 Å². The second-order valence-corrected chi connectivity index (χ2v) is 3.63. The molecule has 84 valence electrons. The summed E-state index contributed by atoms with van der Waals surface area (Å²) in [6.45, 7) is 3.81. The van der Waals surface area contributed by atoms with Crippen LogP contribution < -0.4 is 11.2 Å². The molecule has 6 nitrogen and oxygen atoms in total. The molecule has 0 fully saturated rings. The van der Waals surface area contributed by atoms with Gasteiger partial charge in [0.25, 0.3) is 5.56 Å². The Kier molecular flexibility index (Phi) is 2.43. The third kappa shape index (κ3) is 1.38. The van der Waals surface area contributed by atoms with E-state index in [4.69, 9.17) is 11.6 Å². The molecule has 2 aromatic rings. The summed E-state index contributed by atoms with van der Waals surface area (Å²) >= 11 is 5.68. The lowest BCUT2D eigenvalue weighted by atomic mass is 10.5. The smallest absolute Gasteiger partial charge is 0.323 e. The highest BCUT2D eigenvalue weighted by atomic mass is 35.5. The van der Waals surface area contributed by atoms with Crippen molar-refractivity contribution in [1.29, 1.82) is 0 Å². The van der Waals surface area contributed by atoms with Crippen molar-refractivity contribution < 1.29 is 0 Å². The Balaban J connectivity index is 3.02. The maximum absolute atomic E-state index is 11.8. The van der Waals surface area contributed by atoms with E-state index < -0.39 is 11.2 Å². The minimum Gasteiger partial charge on any atom is -0.323 e. The number of aromatic nitrogens is 4. The summed E-state index contributed by atoms with van der Waals surface area (Å²) in [5, 5.41) is 0.0792. The summed E-state index contributed by atoms with van der Waals surface area (Å²) in [5.41, 5.74) is -0.424. The summed E-state index contributed by atoms with van der Waals surface area (Å²) in [6.07, 6.45) is 1.55. The van der Waals surface area contributed by atoms with Crippen LogP contribution in [0.4, 0.5) is 0 Å². The van der Waals surface area contributed by atoms with Gasteiger partial charge in [-0.2, -0.15) is 4.98 Å². The van der Waals surface area contributed by atoms with Crippen LogP contribution in [-0.4, -0.2) is 19.1 Å². The molecule has 0 amide bonds. The van der Waals surface area contributed by atoms with Gasteiger partial charge in [-0.1, -0.05) is 6.08 Å². The van der Waals surface area contributed by atoms with Gasteiger partial charge in [0.05, 0.1) is 0 Å². The lowest BCUT2D eigenvalue weighted by Crippen LogP contribution is -2.38. The number of hydrogen-bond donors (Lipinski definition) is 1. The molecule has 0 aliphatic heterocycles. The number of rotatable bonds is 2. The third-order valence-corrected chi connectivity index (χ3v) is 2.44. The minimum absolute atomic E-state index is 0.0792. The van der Waals surface area contributed by atoms with Gasteiger partial charge < -0.3 is 4.98 Å². The lowest BCUT2D eigenvalue weighted by molar-refractivity contribution is 0.678. The van der Waals surface area contributed by atoms with Gasteiger partial charge in [-0.05, 0) is 11.6 Å². The maximum atomic E-state index is 11.8. The standard InChI is InChI=1S/C9H9ClN4O2/c1-3-4-14-6-5(11-8(10)12-6)7(15)13(2)9(14)16/h3H,1,4H2,2H3,(H,11,12). The Morgan fingerprint density at radius 1 is 1.56 bits per heavy atom. The second kappa shape index (κ2) is 3.64. The van der Waals surface area contributed by atoms with Crippen molar-refractivity contribution in [3.8, 4) is 0 Å². The fourth-order valence-corrected chi connectivity index (χ4v) is 1.67. The average molecular weight is 241 g/mol. The van der Waals surface area contributed by atoms with Crippen LogP contribution in [0, 0.1) is 0 Å². The van der Waals surface area contributed by atoms with E-state index in [9.17, 15) is 9.59 Å². The number of fused-ring (bicyclic) bond motifs is 1. The number of nitrogens with one attached hydrogen (secondary N) is 1. The second-order valence-electron chi connectivity index (χ2n) is 3.27. The average Bonchev–Trinajstić information content (AvgIpc) is 2.63. The molecule has 0 saturated carbocycles. The molecule has 2 rings (SSSR count). The predicted molar refractivity (Wildman–Crippen MR) is 60.8 cm³/mol. The summed E-state index contributed by atoms with van der Waals surface area (Å²) in [4.78, 5) is 30.0. The van der Waals surface area contributed by atoms with Crippen LogP contribution in [-0.2, 0) is 13.6 Å². The molecule has 0 atom stereocenters. The van der Waals surface area contributed by atoms with Crippen LogP contribution in [0.3, 0.4) is 0 Å². The SMILES string of the molecule is C=CCn1c(=O)n(C)c(=O)c2[nH]c(Cl)nc21. The zero-order valence-corrected chi connectivity index (χ0v) is 9.28. The van der Waals surface area contributed by atoms with Crippen molar-refractivity contribution in [3.05, 3.63) is 38.8 Å². The van der Waals surface area contributed by atoms with Gasteiger partial charge >= 0.3 is 5.69 Å². The van der Waals surface area contributed by atoms with Crippen molar-refractivity contribution in [3.63, 3.8) is 0 Å². The Morgan fingerprint density at radius 2 is 2.25 bits per heavy atom. The topological polar surface area (TPSA) is 72.7 Å². The van der Waals surface area contributed by atoms with Gasteiger partial charge in [0.15, 0.2) is 11.2 Å². The molecule has 1 N–H and O–H groups in total. The van der Waals surface area contributed by atoms with E-state index in [1.54, 1.807) is 6.08 Å². The maximum Gasteiger partial charge on any atom is 0.332 e. The van der Waals surface area contributed by atoms with Crippen LogP contribution in [0.2, 0.25) is 5.28 Å². The van der Waals surface area contributed by atoms with Gasteiger partial charge in [0.2, 0.25) is 5.28 Å². The molecular formula is C9H9ClN4O2. The van der Waals surface area contributed by atoms with E-state index in [1.165, 1.54) is 11.6 Å². The van der Waals surface area contributed by atoms with Gasteiger partial charge in [-0.3, -0.25) is 13.9 Å². The fourth-order valence-electron chi connectivity index (χ4n) is 1.50. The van der Waals surface area contributed by atoms with E-state index in [2.05, 4.69) is 16.5 Å². The first kappa shape index (κ1) is 10.7. The highest BCUT2D eigenvalue weighted by Crippen LogP contribution is 2.08. The molecule has 0 spiro atoms. The molecule has 0 aliphatic rings. The van der Waals surface area contributed by atoms with Crippen molar-refractivity contribution in [2.75, 3.05) is 0 Å². The molecule has 2 heterocycles. The van der Waals surface area contributed by atoms with Gasteiger partial charge in [-0.15, -0.1) is 6.58 Å². The van der Waals surface area contributed by atoms with Crippen molar-refractivity contribution >= 4 is 22.8 Å². The van der Waals surface area contributed by atoms with Crippen LogP contribution in [0.1, 0.15) is 0 Å². The molecule has 0 unspecified atom stereocenters. The van der Waals surface area contributed by atoms with Crippen LogP contribution in [0.5, 0.6) is 0 Å². The highest BCUT2D eigenvalue weighted by molar-refractivity contribution is 6.28. The zero-order chi connectivity index (χ0) is 11.9. The van der Waals surface area contributed by atoms with Crippen molar-refractivity contribution in [2.24, 2.45) is 7.05 Å². The Morgan fingerprint density at radius 3 is 2.88 bits per heavy atom. The quantitative estimate of drug-likeness (QED) is 0.605. The number of H-pyrrole nitrogens is 1. The number of nitrogens with zero attached hydrogens (tertiary/aromatic N) is 3. The first-order valence-corrected chi connectivity index (χ1v) is 4.90. The Hall–Kier alpha value is -1.82. The van der Waals surface area contributed by atoms with E-state index in [1.807, 2.05) is 0 Å². The monoisotopic (exact) mass is 240 g/mol. The number of hydrogen-bond acceptors (Lipinski definition) is 3. The molecule has 16 heavy (non-hydrogen) atoms. The van der Waals surface area contributed by atoms with Crippen molar-refractivity contribution in [1.82, 2.24) is 19.1 Å². The Labute approximate surface area is 94.8 Å². The summed E-state index contributed by atoms with van der Waals surface area (Å²) in [6, 6.07) is 0. The number of halogens is 1. The molecular weight excluding hydrogens is 232 g/mol. The highest BCUT2D eigenvalue weighted by Gasteiger charge is 2.13. The minimum atomic E-state index is -0.445. The number of aromatic amines is 1. The normalized spacial score (nSPS) is 10.9. The summed E-state index contributed by atoms with van der Waals surface area (Å²) in [7, 11) is 1.40. The van der Waals surface area contributed by atoms with E-state index in [0.717, 1.165) is 4.57 Å². The first-order valence-electron chi connectivity index (χ1n) is 4.52. The van der Waals surface area contributed by atoms with Crippen LogP contribution >= 0.6 is 11.6 Å². The molecule has 2 aromatic heterocycles. The number of allylic oxidation sites excluding steroid dienone is 1. The van der Waals surface area contributed by atoms with Gasteiger partial charge in [-0.25, -0.2) is 4.79 Å². The number of imidazole rings is 1. The lowest BCUT2D eigenvalue weighted by Gasteiger charge is -2.04. The summed E-state index contributed by atoms with van der Waals surface area (Å²) in [5.74, 6) is 0. The largest absolute Gasteiger partial charge is 0.332 e. The molecule has 0 aromatic carbocycles. The van der Waals surface area contributed by atoms with Gasteiger partial charge in [0.1, 0.15) is 0 Å². The third-order valence-electron chi connectivity index (χ3n) is 2.26. The van der Waals surface area contributed by atoms with Crippen LogP contribution in [0.25, 0.3) is 11.2 Å². The van der Waals surface area contributed by atoms with Gasteiger partial charge in [0, 0.05) is 13.6 Å². The molecule has 0 bridgehead atoms. The molecule has 0 aliphatic carbocycles. The predicted octanol–water partition coefficient (Wildman–Crippen LogP) is 0.263. The zero-order valence-electron chi connectivity index (χ0n) is 8.53. The molecule has 0 saturated heterocycles. The van der Waals surface area contributed by atoms with Crippen molar-refractivity contribution in [2.45, 2.75) is 6.54 Å². The summed E-state index contributed by atoms with van der Waals surface area (Å²) < 4.78 is 2.33. The molecule has 7 heteroatoms. The van der Waals surface area contributed by atoms with Crippen LogP contribution in [0.15, 0.2) is 22.2 Å². The van der Waals surface area contributed by atoms with E-state index in [0.29, 0.717) is 0 Å².